The molecule has 0 radical (unpaired) electrons. The van der Waals surface area contributed by atoms with Crippen molar-refractivity contribution in [3.05, 3.63) is 98.1 Å². The van der Waals surface area contributed by atoms with E-state index in [1.165, 1.54) is 29.9 Å². The predicted molar refractivity (Wildman–Crippen MR) is 147 cm³/mol. The minimum atomic E-state index is -0.410. The van der Waals surface area contributed by atoms with Crippen LogP contribution in [-0.4, -0.2) is 17.0 Å². The van der Waals surface area contributed by atoms with E-state index in [-0.39, 0.29) is 11.6 Å². The van der Waals surface area contributed by atoms with Crippen molar-refractivity contribution < 1.29 is 14.1 Å². The van der Waals surface area contributed by atoms with E-state index in [1.54, 1.807) is 23.6 Å². The van der Waals surface area contributed by atoms with E-state index in [9.17, 15) is 14.9 Å². The summed E-state index contributed by atoms with van der Waals surface area (Å²) in [5, 5.41) is 14.8. The molecule has 4 aromatic rings. The predicted octanol–water partition coefficient (Wildman–Crippen LogP) is 7.89. The van der Waals surface area contributed by atoms with Gasteiger partial charge in [0.1, 0.15) is 16.5 Å². The summed E-state index contributed by atoms with van der Waals surface area (Å²) < 4.78 is 6.00. The van der Waals surface area contributed by atoms with E-state index < -0.39 is 4.92 Å². The third-order valence-corrected chi connectivity index (χ3v) is 7.73. The summed E-state index contributed by atoms with van der Waals surface area (Å²) in [5.74, 6) is 1.01. The lowest BCUT2D eigenvalue weighted by Gasteiger charge is -2.11. The molecule has 2 aromatic carbocycles. The number of non-ortho nitro benzene ring substituents is 1. The number of carbonyl (C=O) groups is 1. The van der Waals surface area contributed by atoms with Gasteiger partial charge in [-0.2, -0.15) is 0 Å². The van der Waals surface area contributed by atoms with Crippen LogP contribution in [0.25, 0.3) is 11.3 Å². The number of nitrogens with one attached hydrogen (secondary N) is 1. The summed E-state index contributed by atoms with van der Waals surface area (Å²) in [6, 6.07) is 17.8. The van der Waals surface area contributed by atoms with Gasteiger partial charge in [0, 0.05) is 28.3 Å². The van der Waals surface area contributed by atoms with Crippen LogP contribution in [0.4, 0.5) is 16.4 Å². The van der Waals surface area contributed by atoms with Crippen LogP contribution in [-0.2, 0) is 12.8 Å². The first-order valence-corrected chi connectivity index (χ1v) is 13.2. The van der Waals surface area contributed by atoms with Crippen LogP contribution in [0.5, 0.6) is 0 Å². The largest absolute Gasteiger partial charge is 0.455 e. The Bertz CT molecular complexity index is 1470. The molecule has 37 heavy (non-hydrogen) atoms. The van der Waals surface area contributed by atoms with Gasteiger partial charge in [-0.25, -0.2) is 4.99 Å². The number of para-hydroxylation sites is 1. The third kappa shape index (κ3) is 5.54. The number of amides is 1. The van der Waals surface area contributed by atoms with Crippen molar-refractivity contribution >= 4 is 39.8 Å². The number of nitro groups is 1. The lowest BCUT2D eigenvalue weighted by Crippen LogP contribution is -2.14. The minimum Gasteiger partial charge on any atom is -0.455 e. The number of rotatable bonds is 6. The fourth-order valence-corrected chi connectivity index (χ4v) is 5.90. The van der Waals surface area contributed by atoms with Gasteiger partial charge in [-0.3, -0.25) is 14.9 Å². The van der Waals surface area contributed by atoms with Crippen LogP contribution in [0, 0.1) is 17.0 Å². The van der Waals surface area contributed by atoms with Gasteiger partial charge in [-0.05, 0) is 74.1 Å². The van der Waals surface area contributed by atoms with Crippen molar-refractivity contribution in [3.8, 4) is 11.3 Å². The fourth-order valence-electron chi connectivity index (χ4n) is 4.67. The lowest BCUT2D eigenvalue weighted by molar-refractivity contribution is -0.384. The molecular weight excluding hydrogens is 486 g/mol. The Morgan fingerprint density at radius 1 is 1.05 bits per heavy atom. The van der Waals surface area contributed by atoms with Gasteiger partial charge in [-0.1, -0.05) is 31.0 Å². The van der Waals surface area contributed by atoms with E-state index in [4.69, 9.17) is 9.41 Å². The lowest BCUT2D eigenvalue weighted by atomic mass is 9.96. The fraction of sp³-hybridized carbons (Fsp3) is 0.241. The number of hydrogen-bond donors (Lipinski definition) is 1. The Morgan fingerprint density at radius 2 is 1.84 bits per heavy atom. The average Bonchev–Trinajstić information content (AvgIpc) is 3.47. The van der Waals surface area contributed by atoms with E-state index in [2.05, 4.69) is 5.32 Å². The molecule has 0 spiro atoms. The number of nitro benzene ring substituents is 1. The Balaban J connectivity index is 1.45. The monoisotopic (exact) mass is 513 g/mol. The number of nitrogens with zero attached hydrogens (tertiary/aromatic N) is 2. The van der Waals surface area contributed by atoms with Crippen LogP contribution in [0.1, 0.15) is 57.8 Å². The van der Waals surface area contributed by atoms with Gasteiger partial charge in [0.15, 0.2) is 0 Å². The number of anilines is 1. The van der Waals surface area contributed by atoms with Crippen molar-refractivity contribution in [2.24, 2.45) is 4.99 Å². The third-order valence-electron chi connectivity index (χ3n) is 6.53. The molecule has 1 N–H and O–H groups in total. The first-order chi connectivity index (χ1) is 18.0. The molecule has 0 atom stereocenters. The molecule has 5 rings (SSSR count). The van der Waals surface area contributed by atoms with Crippen molar-refractivity contribution in [3.63, 3.8) is 0 Å². The summed E-state index contributed by atoms with van der Waals surface area (Å²) in [4.78, 5) is 30.0. The van der Waals surface area contributed by atoms with Gasteiger partial charge in [0.05, 0.1) is 16.7 Å². The summed E-state index contributed by atoms with van der Waals surface area (Å²) in [6.07, 6.45) is 8.04. The van der Waals surface area contributed by atoms with E-state index in [0.717, 1.165) is 48.1 Å². The number of benzene rings is 2. The maximum atomic E-state index is 13.4. The Labute approximate surface area is 219 Å². The molecule has 0 aliphatic heterocycles. The minimum absolute atomic E-state index is 0.0455. The van der Waals surface area contributed by atoms with Crippen molar-refractivity contribution in [2.45, 2.75) is 45.4 Å². The average molecular weight is 514 g/mol. The van der Waals surface area contributed by atoms with Crippen LogP contribution in [0.15, 0.2) is 70.1 Å². The van der Waals surface area contributed by atoms with E-state index >= 15 is 0 Å². The summed E-state index contributed by atoms with van der Waals surface area (Å²) in [6.45, 7) is 1.82. The molecule has 2 heterocycles. The number of aliphatic imine (C=N–C) groups is 1. The quantitative estimate of drug-likeness (QED) is 0.161. The van der Waals surface area contributed by atoms with E-state index in [1.807, 2.05) is 49.4 Å². The molecule has 0 fully saturated rings. The number of furan rings is 1. The van der Waals surface area contributed by atoms with Crippen molar-refractivity contribution in [1.82, 2.24) is 0 Å². The van der Waals surface area contributed by atoms with Crippen molar-refractivity contribution in [1.29, 1.82) is 0 Å². The number of carbonyl (C=O) groups excluding carboxylic acids is 1. The summed E-state index contributed by atoms with van der Waals surface area (Å²) >= 11 is 1.59. The standard InChI is InChI=1S/C29H27N3O4S/c1-19-17-21(32(34)35)13-15-23(19)25-16-14-22(36-25)18-30-29-27(28(33)31-20-9-5-4-6-10-20)24-11-7-2-3-8-12-26(24)37-29/h4-6,9-10,13-18H,2-3,7-8,11-12H2,1H3,(H,31,33). The molecule has 7 nitrogen and oxygen atoms in total. The second kappa shape index (κ2) is 10.9. The number of aryl methyl sites for hydroxylation is 2. The second-order valence-corrected chi connectivity index (χ2v) is 10.2. The summed E-state index contributed by atoms with van der Waals surface area (Å²) in [5.41, 5.74) is 4.11. The Morgan fingerprint density at radius 3 is 2.59 bits per heavy atom. The molecule has 0 saturated heterocycles. The van der Waals surface area contributed by atoms with Crippen LogP contribution in [0.3, 0.4) is 0 Å². The zero-order chi connectivity index (χ0) is 25.8. The van der Waals surface area contributed by atoms with Crippen LogP contribution >= 0.6 is 11.3 Å². The number of fused-ring (bicyclic) bond motifs is 1. The summed E-state index contributed by atoms with van der Waals surface area (Å²) in [7, 11) is 0. The molecule has 1 aliphatic carbocycles. The molecule has 1 amide bonds. The van der Waals surface area contributed by atoms with Crippen LogP contribution < -0.4 is 5.32 Å². The maximum absolute atomic E-state index is 13.4. The SMILES string of the molecule is Cc1cc([N+](=O)[O-])ccc1-c1ccc(C=Nc2sc3c(c2C(=O)Nc2ccccc2)CCCCCC3)o1. The zero-order valence-electron chi connectivity index (χ0n) is 20.5. The second-order valence-electron chi connectivity index (χ2n) is 9.13. The van der Waals surface area contributed by atoms with Crippen molar-refractivity contribution in [2.75, 3.05) is 5.32 Å². The normalized spacial score (nSPS) is 13.6. The molecule has 0 unspecified atom stereocenters. The number of hydrogen-bond acceptors (Lipinski definition) is 6. The Hall–Kier alpha value is -4.04. The maximum Gasteiger partial charge on any atom is 0.269 e. The number of thiophene rings is 1. The molecule has 188 valence electrons. The highest BCUT2D eigenvalue weighted by molar-refractivity contribution is 7.16. The van der Waals surface area contributed by atoms with E-state index in [0.29, 0.717) is 22.1 Å². The van der Waals surface area contributed by atoms with Gasteiger partial charge in [-0.15, -0.1) is 11.3 Å². The van der Waals surface area contributed by atoms with Gasteiger partial charge in [0.2, 0.25) is 0 Å². The van der Waals surface area contributed by atoms with Gasteiger partial charge in [0.25, 0.3) is 11.6 Å². The Kier molecular flexibility index (Phi) is 7.28. The first-order valence-electron chi connectivity index (χ1n) is 12.4. The first kappa shape index (κ1) is 24.6. The smallest absolute Gasteiger partial charge is 0.269 e. The molecule has 8 heteroatoms. The highest BCUT2D eigenvalue weighted by Gasteiger charge is 2.24. The van der Waals surface area contributed by atoms with Crippen LogP contribution in [0.2, 0.25) is 0 Å². The highest BCUT2D eigenvalue weighted by Crippen LogP contribution is 2.39. The highest BCUT2D eigenvalue weighted by atomic mass is 32.1. The molecule has 2 aromatic heterocycles. The molecule has 0 bridgehead atoms. The molecular formula is C29H27N3O4S. The van der Waals surface area contributed by atoms with Gasteiger partial charge >= 0.3 is 0 Å². The molecule has 0 saturated carbocycles. The topological polar surface area (TPSA) is 97.7 Å². The zero-order valence-corrected chi connectivity index (χ0v) is 21.3. The molecule has 1 aliphatic rings. The van der Waals surface area contributed by atoms with Gasteiger partial charge < -0.3 is 9.73 Å².